The van der Waals surface area contributed by atoms with E-state index in [-0.39, 0.29) is 6.03 Å². The Hall–Kier alpha value is -2.34. The number of carbonyl (C=O) groups excluding carboxylic acids is 2. The highest BCUT2D eigenvalue weighted by Crippen LogP contribution is 2.29. The Morgan fingerprint density at radius 1 is 1.28 bits per heavy atom. The fraction of sp³-hybridized carbons (Fsp3) is 0.474. The Balaban J connectivity index is 2.04. The van der Waals surface area contributed by atoms with Crippen molar-refractivity contribution in [1.82, 2.24) is 10.6 Å². The molecule has 3 rings (SSSR count). The van der Waals surface area contributed by atoms with Gasteiger partial charge in [0.1, 0.15) is 6.54 Å². The highest BCUT2D eigenvalue weighted by molar-refractivity contribution is 5.95. The van der Waals surface area contributed by atoms with Gasteiger partial charge in [-0.1, -0.05) is 23.8 Å². The van der Waals surface area contributed by atoms with Crippen LogP contribution in [0.25, 0.3) is 0 Å². The smallest absolute Gasteiger partial charge is 0.338 e. The van der Waals surface area contributed by atoms with Crippen molar-refractivity contribution < 1.29 is 19.2 Å². The fourth-order valence-electron chi connectivity index (χ4n) is 3.79. The SMILES string of the molecule is COC(=O)C1=C(C[NH+]2CCCC2)NC(=O)N[C@H]1c1ccc(C)cc1C. The maximum absolute atomic E-state index is 12.5. The number of aryl methyl sites for hydroxylation is 2. The molecule has 6 nitrogen and oxygen atoms in total. The Kier molecular flexibility index (Phi) is 5.08. The van der Waals surface area contributed by atoms with E-state index in [1.807, 2.05) is 26.0 Å². The lowest BCUT2D eigenvalue weighted by atomic mass is 9.91. The molecule has 1 aromatic carbocycles. The minimum Gasteiger partial charge on any atom is -0.466 e. The van der Waals surface area contributed by atoms with Crippen molar-refractivity contribution in [3.05, 3.63) is 46.2 Å². The third kappa shape index (κ3) is 3.69. The number of methoxy groups -OCH3 is 1. The lowest BCUT2D eigenvalue weighted by molar-refractivity contribution is -0.882. The van der Waals surface area contributed by atoms with Gasteiger partial charge in [-0.05, 0) is 25.0 Å². The summed E-state index contributed by atoms with van der Waals surface area (Å²) in [7, 11) is 1.38. The van der Waals surface area contributed by atoms with Crippen molar-refractivity contribution in [2.75, 3.05) is 26.7 Å². The molecule has 0 unspecified atom stereocenters. The normalized spacial score (nSPS) is 21.1. The van der Waals surface area contributed by atoms with Crippen LogP contribution >= 0.6 is 0 Å². The molecule has 134 valence electrons. The number of amides is 2. The minimum absolute atomic E-state index is 0.272. The molecule has 6 heteroatoms. The lowest BCUT2D eigenvalue weighted by Gasteiger charge is -2.30. The van der Waals surface area contributed by atoms with Crippen LogP contribution in [0.3, 0.4) is 0 Å². The van der Waals surface area contributed by atoms with Crippen LogP contribution in [-0.2, 0) is 9.53 Å². The number of carbonyl (C=O) groups is 2. The number of benzene rings is 1. The highest BCUT2D eigenvalue weighted by Gasteiger charge is 2.36. The van der Waals surface area contributed by atoms with E-state index < -0.39 is 12.0 Å². The van der Waals surface area contributed by atoms with Gasteiger partial charge in [-0.25, -0.2) is 9.59 Å². The second-order valence-electron chi connectivity index (χ2n) is 6.91. The number of urea groups is 1. The first kappa shape index (κ1) is 17.5. The van der Waals surface area contributed by atoms with Gasteiger partial charge < -0.3 is 20.3 Å². The number of rotatable bonds is 4. The zero-order valence-corrected chi connectivity index (χ0v) is 15.1. The molecule has 1 aromatic rings. The fourth-order valence-corrected chi connectivity index (χ4v) is 3.79. The van der Waals surface area contributed by atoms with Crippen LogP contribution in [0.4, 0.5) is 4.79 Å². The Morgan fingerprint density at radius 3 is 2.64 bits per heavy atom. The molecule has 0 spiro atoms. The monoisotopic (exact) mass is 344 g/mol. The van der Waals surface area contributed by atoms with Gasteiger partial charge >= 0.3 is 12.0 Å². The molecule has 1 fully saturated rings. The summed E-state index contributed by atoms with van der Waals surface area (Å²) in [6, 6.07) is 5.27. The summed E-state index contributed by atoms with van der Waals surface area (Å²) in [5, 5.41) is 5.74. The van der Waals surface area contributed by atoms with Crippen molar-refractivity contribution in [2.45, 2.75) is 32.7 Å². The average molecular weight is 344 g/mol. The van der Waals surface area contributed by atoms with Gasteiger partial charge in [-0.15, -0.1) is 0 Å². The number of hydrogen-bond donors (Lipinski definition) is 3. The van der Waals surface area contributed by atoms with Crippen molar-refractivity contribution in [1.29, 1.82) is 0 Å². The summed E-state index contributed by atoms with van der Waals surface area (Å²) < 4.78 is 5.04. The lowest BCUT2D eigenvalue weighted by Crippen LogP contribution is -3.10. The molecular formula is C19H26N3O3+. The Labute approximate surface area is 148 Å². The molecule has 1 atom stereocenters. The molecule has 25 heavy (non-hydrogen) atoms. The van der Waals surface area contributed by atoms with Crippen LogP contribution in [0, 0.1) is 13.8 Å². The van der Waals surface area contributed by atoms with Gasteiger partial charge in [0.05, 0.1) is 37.5 Å². The molecule has 2 heterocycles. The van der Waals surface area contributed by atoms with Crippen molar-refractivity contribution >= 4 is 12.0 Å². The Bertz CT molecular complexity index is 721. The van der Waals surface area contributed by atoms with E-state index in [0.29, 0.717) is 17.8 Å². The number of nitrogens with one attached hydrogen (secondary N) is 3. The summed E-state index contributed by atoms with van der Waals surface area (Å²) >= 11 is 0. The predicted molar refractivity (Wildman–Crippen MR) is 94.2 cm³/mol. The average Bonchev–Trinajstić information content (AvgIpc) is 3.06. The molecule has 3 N–H and O–H groups in total. The van der Waals surface area contributed by atoms with Crippen LogP contribution in [0.2, 0.25) is 0 Å². The van der Waals surface area contributed by atoms with Crippen LogP contribution in [0.1, 0.15) is 35.6 Å². The summed E-state index contributed by atoms with van der Waals surface area (Å²) in [5.74, 6) is -0.397. The predicted octanol–water partition coefficient (Wildman–Crippen LogP) is 0.763. The highest BCUT2D eigenvalue weighted by atomic mass is 16.5. The van der Waals surface area contributed by atoms with Crippen LogP contribution < -0.4 is 15.5 Å². The van der Waals surface area contributed by atoms with Gasteiger partial charge in [-0.2, -0.15) is 0 Å². The first-order valence-corrected chi connectivity index (χ1v) is 8.79. The molecule has 0 radical (unpaired) electrons. The number of hydrogen-bond acceptors (Lipinski definition) is 3. The molecule has 1 saturated heterocycles. The van der Waals surface area contributed by atoms with Gasteiger partial charge in [0.15, 0.2) is 0 Å². The summed E-state index contributed by atoms with van der Waals surface area (Å²) in [5.41, 5.74) is 4.30. The maximum Gasteiger partial charge on any atom is 0.338 e. The summed E-state index contributed by atoms with van der Waals surface area (Å²) in [4.78, 5) is 26.2. The minimum atomic E-state index is -0.487. The van der Waals surface area contributed by atoms with E-state index in [1.54, 1.807) is 0 Å². The maximum atomic E-state index is 12.5. The van der Waals surface area contributed by atoms with Crippen molar-refractivity contribution in [2.24, 2.45) is 0 Å². The van der Waals surface area contributed by atoms with Crippen LogP contribution in [0.15, 0.2) is 29.5 Å². The van der Waals surface area contributed by atoms with Gasteiger partial charge in [0, 0.05) is 12.8 Å². The first-order valence-electron chi connectivity index (χ1n) is 8.79. The third-order valence-corrected chi connectivity index (χ3v) is 5.03. The molecule has 2 aliphatic heterocycles. The molecule has 2 aliphatic rings. The summed E-state index contributed by atoms with van der Waals surface area (Å²) in [6.45, 7) is 6.79. The van der Waals surface area contributed by atoms with E-state index in [2.05, 4.69) is 16.7 Å². The topological polar surface area (TPSA) is 71.9 Å². The van der Waals surface area contributed by atoms with E-state index >= 15 is 0 Å². The zero-order valence-electron chi connectivity index (χ0n) is 15.1. The zero-order chi connectivity index (χ0) is 18.0. The molecule has 0 aromatic heterocycles. The summed E-state index contributed by atoms with van der Waals surface area (Å²) in [6.07, 6.45) is 2.37. The van der Waals surface area contributed by atoms with E-state index in [9.17, 15) is 9.59 Å². The standard InChI is InChI=1S/C19H25N3O3/c1-12-6-7-14(13(2)10-12)17-16(18(23)25-3)15(20-19(24)21-17)11-22-8-4-5-9-22/h6-7,10,17H,4-5,8-9,11H2,1-3H3,(H2,20,21,24)/p+1/t17-/m0/s1. The van der Waals surface area contributed by atoms with Gasteiger partial charge in [-0.3, -0.25) is 0 Å². The Morgan fingerprint density at radius 2 is 2.00 bits per heavy atom. The second kappa shape index (κ2) is 7.27. The van der Waals surface area contributed by atoms with E-state index in [4.69, 9.17) is 4.74 Å². The number of quaternary nitrogens is 1. The molecule has 0 saturated carbocycles. The van der Waals surface area contributed by atoms with Crippen molar-refractivity contribution in [3.63, 3.8) is 0 Å². The van der Waals surface area contributed by atoms with Gasteiger partial charge in [0.2, 0.25) is 0 Å². The molecule has 2 amide bonds. The number of likely N-dealkylation sites (tertiary alicyclic amines) is 1. The first-order chi connectivity index (χ1) is 12.0. The van der Waals surface area contributed by atoms with Crippen LogP contribution in [-0.4, -0.2) is 38.7 Å². The number of ether oxygens (including phenoxy) is 1. The van der Waals surface area contributed by atoms with Crippen LogP contribution in [0.5, 0.6) is 0 Å². The molecular weight excluding hydrogens is 318 g/mol. The third-order valence-electron chi connectivity index (χ3n) is 5.03. The second-order valence-corrected chi connectivity index (χ2v) is 6.91. The van der Waals surface area contributed by atoms with E-state index in [0.717, 1.165) is 29.8 Å². The number of esters is 1. The quantitative estimate of drug-likeness (QED) is 0.707. The van der Waals surface area contributed by atoms with Crippen molar-refractivity contribution in [3.8, 4) is 0 Å². The van der Waals surface area contributed by atoms with E-state index in [1.165, 1.54) is 24.9 Å². The van der Waals surface area contributed by atoms with Gasteiger partial charge in [0.25, 0.3) is 0 Å². The molecule has 0 bridgehead atoms. The molecule has 0 aliphatic carbocycles. The largest absolute Gasteiger partial charge is 0.466 e.